The van der Waals surface area contributed by atoms with Gasteiger partial charge in [-0.3, -0.25) is 4.79 Å². The van der Waals surface area contributed by atoms with Crippen LogP contribution in [0.15, 0.2) is 42.5 Å². The Labute approximate surface area is 106 Å². The van der Waals surface area contributed by atoms with E-state index in [1.165, 1.54) is 16.3 Å². The van der Waals surface area contributed by atoms with E-state index < -0.39 is 12.0 Å². The minimum atomic E-state index is -0.793. The van der Waals surface area contributed by atoms with Gasteiger partial charge in [0.1, 0.15) is 6.04 Å². The third-order valence-corrected chi connectivity index (χ3v) is 3.18. The van der Waals surface area contributed by atoms with E-state index in [1.54, 1.807) is 7.05 Å². The number of likely N-dealkylation sites (N-methyl/N-ethyl adjacent to an activating group) is 1. The quantitative estimate of drug-likeness (QED) is 0.848. The first-order valence-electron chi connectivity index (χ1n) is 6.08. The second-order valence-corrected chi connectivity index (χ2v) is 4.40. The zero-order chi connectivity index (χ0) is 13.0. The molecular formula is C15H17NO2. The fraction of sp³-hybridized carbons (Fsp3) is 0.267. The summed E-state index contributed by atoms with van der Waals surface area (Å²) in [5, 5.41) is 14.2. The number of nitrogens with one attached hydrogen (secondary N) is 1. The van der Waals surface area contributed by atoms with Crippen molar-refractivity contribution in [1.29, 1.82) is 0 Å². The van der Waals surface area contributed by atoms with E-state index in [0.29, 0.717) is 6.42 Å². The Morgan fingerprint density at radius 3 is 2.61 bits per heavy atom. The highest BCUT2D eigenvalue weighted by atomic mass is 16.4. The first-order valence-corrected chi connectivity index (χ1v) is 6.08. The summed E-state index contributed by atoms with van der Waals surface area (Å²) in [6.45, 7) is 0. The average molecular weight is 243 g/mol. The van der Waals surface area contributed by atoms with Gasteiger partial charge >= 0.3 is 5.97 Å². The van der Waals surface area contributed by atoms with Crippen LogP contribution in [0.25, 0.3) is 10.8 Å². The van der Waals surface area contributed by atoms with Gasteiger partial charge in [-0.1, -0.05) is 42.5 Å². The Bertz CT molecular complexity index is 551. The van der Waals surface area contributed by atoms with E-state index in [4.69, 9.17) is 5.11 Å². The predicted molar refractivity (Wildman–Crippen MR) is 72.8 cm³/mol. The lowest BCUT2D eigenvalue weighted by atomic mass is 10.0. The molecule has 0 saturated carbocycles. The lowest BCUT2D eigenvalue weighted by Gasteiger charge is -2.11. The van der Waals surface area contributed by atoms with Crippen molar-refractivity contribution in [3.05, 3.63) is 48.0 Å². The second kappa shape index (κ2) is 5.65. The minimum absolute atomic E-state index is 0.475. The molecule has 2 aromatic carbocycles. The fourth-order valence-corrected chi connectivity index (χ4v) is 2.10. The van der Waals surface area contributed by atoms with Crippen molar-refractivity contribution in [2.45, 2.75) is 18.9 Å². The van der Waals surface area contributed by atoms with Crippen LogP contribution in [0.1, 0.15) is 12.0 Å². The molecule has 18 heavy (non-hydrogen) atoms. The number of aliphatic carboxylic acids is 1. The maximum absolute atomic E-state index is 10.9. The van der Waals surface area contributed by atoms with E-state index in [1.807, 2.05) is 12.1 Å². The molecule has 0 aliphatic carbocycles. The molecule has 0 bridgehead atoms. The van der Waals surface area contributed by atoms with Crippen molar-refractivity contribution in [3.63, 3.8) is 0 Å². The third-order valence-electron chi connectivity index (χ3n) is 3.18. The molecule has 0 aliphatic rings. The maximum atomic E-state index is 10.9. The number of carboxylic acids is 1. The maximum Gasteiger partial charge on any atom is 0.320 e. The van der Waals surface area contributed by atoms with Crippen LogP contribution in [0, 0.1) is 0 Å². The number of aryl methyl sites for hydroxylation is 1. The third kappa shape index (κ3) is 2.87. The van der Waals surface area contributed by atoms with Gasteiger partial charge in [0, 0.05) is 0 Å². The van der Waals surface area contributed by atoms with Crippen molar-refractivity contribution in [1.82, 2.24) is 5.32 Å². The van der Waals surface area contributed by atoms with Crippen molar-refractivity contribution in [3.8, 4) is 0 Å². The van der Waals surface area contributed by atoms with E-state index in [2.05, 4.69) is 35.6 Å². The summed E-state index contributed by atoms with van der Waals surface area (Å²) in [6, 6.07) is 14.0. The van der Waals surface area contributed by atoms with Crippen LogP contribution in [-0.4, -0.2) is 24.2 Å². The normalized spacial score (nSPS) is 12.5. The lowest BCUT2D eigenvalue weighted by Crippen LogP contribution is -2.34. The lowest BCUT2D eigenvalue weighted by molar-refractivity contribution is -0.139. The highest BCUT2D eigenvalue weighted by Gasteiger charge is 2.14. The molecule has 0 heterocycles. The Hall–Kier alpha value is -1.87. The van der Waals surface area contributed by atoms with Gasteiger partial charge in [0.05, 0.1) is 0 Å². The van der Waals surface area contributed by atoms with Crippen molar-refractivity contribution in [2.24, 2.45) is 0 Å². The van der Waals surface area contributed by atoms with Crippen LogP contribution in [0.3, 0.4) is 0 Å². The molecule has 0 aliphatic heterocycles. The summed E-state index contributed by atoms with van der Waals surface area (Å²) in [6.07, 6.45) is 1.37. The summed E-state index contributed by atoms with van der Waals surface area (Å²) in [5.74, 6) is -0.793. The molecule has 0 radical (unpaired) electrons. The topological polar surface area (TPSA) is 49.3 Å². The molecule has 1 unspecified atom stereocenters. The van der Waals surface area contributed by atoms with Gasteiger partial charge in [-0.15, -0.1) is 0 Å². The molecule has 94 valence electrons. The summed E-state index contributed by atoms with van der Waals surface area (Å²) in [5.41, 5.74) is 1.18. The van der Waals surface area contributed by atoms with Gasteiger partial charge in [0.25, 0.3) is 0 Å². The van der Waals surface area contributed by atoms with Crippen LogP contribution >= 0.6 is 0 Å². The van der Waals surface area contributed by atoms with Crippen molar-refractivity contribution < 1.29 is 9.90 Å². The molecule has 0 saturated heterocycles. The highest BCUT2D eigenvalue weighted by molar-refractivity contribution is 5.83. The van der Waals surface area contributed by atoms with Gasteiger partial charge in [-0.05, 0) is 36.2 Å². The molecule has 0 amide bonds. The molecule has 1 atom stereocenters. The van der Waals surface area contributed by atoms with E-state index in [0.717, 1.165) is 6.42 Å². The summed E-state index contributed by atoms with van der Waals surface area (Å²) >= 11 is 0. The minimum Gasteiger partial charge on any atom is -0.480 e. The van der Waals surface area contributed by atoms with Gasteiger partial charge in [0.15, 0.2) is 0 Å². The fourth-order valence-electron chi connectivity index (χ4n) is 2.10. The predicted octanol–water partition coefficient (Wildman–Crippen LogP) is 2.45. The molecule has 3 nitrogen and oxygen atoms in total. The van der Waals surface area contributed by atoms with Crippen LogP contribution < -0.4 is 5.32 Å². The molecule has 0 aromatic heterocycles. The summed E-state index contributed by atoms with van der Waals surface area (Å²) in [4.78, 5) is 10.9. The molecule has 0 fully saturated rings. The number of carboxylic acid groups (broad SMARTS) is 1. The standard InChI is InChI=1S/C15H17NO2/c1-16-14(15(17)18)9-7-11-6-8-12-4-2-3-5-13(12)10-11/h2-6,8,10,14,16H,7,9H2,1H3,(H,17,18). The van der Waals surface area contributed by atoms with Gasteiger partial charge in [-0.2, -0.15) is 0 Å². The van der Waals surface area contributed by atoms with E-state index in [-0.39, 0.29) is 0 Å². The largest absolute Gasteiger partial charge is 0.480 e. The van der Waals surface area contributed by atoms with Crippen molar-refractivity contribution in [2.75, 3.05) is 7.05 Å². The van der Waals surface area contributed by atoms with Crippen LogP contribution in [-0.2, 0) is 11.2 Å². The van der Waals surface area contributed by atoms with Crippen LogP contribution in [0.5, 0.6) is 0 Å². The Morgan fingerprint density at radius 1 is 1.22 bits per heavy atom. The number of benzene rings is 2. The zero-order valence-electron chi connectivity index (χ0n) is 10.4. The summed E-state index contributed by atoms with van der Waals surface area (Å²) in [7, 11) is 1.68. The molecular weight excluding hydrogens is 226 g/mol. The highest BCUT2D eigenvalue weighted by Crippen LogP contribution is 2.17. The Kier molecular flexibility index (Phi) is 3.95. The van der Waals surface area contributed by atoms with Crippen LogP contribution in [0.4, 0.5) is 0 Å². The Morgan fingerprint density at radius 2 is 1.94 bits per heavy atom. The van der Waals surface area contributed by atoms with Crippen molar-refractivity contribution >= 4 is 16.7 Å². The molecule has 2 rings (SSSR count). The zero-order valence-corrected chi connectivity index (χ0v) is 10.4. The number of carbonyl (C=O) groups is 1. The number of rotatable bonds is 5. The Balaban J connectivity index is 2.10. The van der Waals surface area contributed by atoms with Gasteiger partial charge < -0.3 is 10.4 Å². The number of hydrogen-bond acceptors (Lipinski definition) is 2. The number of fused-ring (bicyclic) bond motifs is 1. The SMILES string of the molecule is CNC(CCc1ccc2ccccc2c1)C(=O)O. The first-order chi connectivity index (χ1) is 8.70. The molecule has 2 aromatic rings. The second-order valence-electron chi connectivity index (χ2n) is 4.40. The average Bonchev–Trinajstić information content (AvgIpc) is 2.39. The van der Waals surface area contributed by atoms with Gasteiger partial charge in [0.2, 0.25) is 0 Å². The monoisotopic (exact) mass is 243 g/mol. The smallest absolute Gasteiger partial charge is 0.320 e. The molecule has 0 spiro atoms. The van der Waals surface area contributed by atoms with Gasteiger partial charge in [-0.25, -0.2) is 0 Å². The number of hydrogen-bond donors (Lipinski definition) is 2. The van der Waals surface area contributed by atoms with Crippen LogP contribution in [0.2, 0.25) is 0 Å². The molecule has 2 N–H and O–H groups in total. The van der Waals surface area contributed by atoms with E-state index in [9.17, 15) is 4.79 Å². The van der Waals surface area contributed by atoms with E-state index >= 15 is 0 Å². The first kappa shape index (κ1) is 12.6. The molecule has 3 heteroatoms. The summed E-state index contributed by atoms with van der Waals surface area (Å²) < 4.78 is 0.